The Kier molecular flexibility index (Phi) is 7.05. The second-order valence-corrected chi connectivity index (χ2v) is 9.39. The van der Waals surface area contributed by atoms with Gasteiger partial charge in [0.2, 0.25) is 17.7 Å². The zero-order chi connectivity index (χ0) is 23.5. The Balaban J connectivity index is 1.42. The van der Waals surface area contributed by atoms with E-state index < -0.39 is 23.7 Å². The normalized spacial score (nSPS) is 27.2. The van der Waals surface area contributed by atoms with Crippen LogP contribution >= 0.6 is 0 Å². The topological polar surface area (TPSA) is 95.6 Å². The smallest absolute Gasteiger partial charge is 0.243 e. The number of likely N-dealkylation sites (tertiary alicyclic amines) is 1. The first kappa shape index (κ1) is 23.3. The van der Waals surface area contributed by atoms with E-state index in [2.05, 4.69) is 10.6 Å². The molecule has 5 unspecified atom stereocenters. The van der Waals surface area contributed by atoms with Crippen molar-refractivity contribution in [3.8, 4) is 0 Å². The largest absolute Gasteiger partial charge is 0.356 e. The average Bonchev–Trinajstić information content (AvgIpc) is 3.47. The van der Waals surface area contributed by atoms with E-state index >= 15 is 0 Å². The number of hydrogen-bond donors (Lipinski definition) is 2. The number of fused-ring (bicyclic) bond motifs is 1. The van der Waals surface area contributed by atoms with E-state index in [0.717, 1.165) is 25.3 Å². The summed E-state index contributed by atoms with van der Waals surface area (Å²) in [5.41, 5.74) is 0.386. The van der Waals surface area contributed by atoms with Crippen LogP contribution < -0.4 is 10.6 Å². The predicted molar refractivity (Wildman–Crippen MR) is 115 cm³/mol. The Morgan fingerprint density at radius 1 is 1.18 bits per heavy atom. The molecule has 0 aromatic heterocycles. The second kappa shape index (κ2) is 9.97. The lowest BCUT2D eigenvalue weighted by Gasteiger charge is -2.28. The van der Waals surface area contributed by atoms with Crippen molar-refractivity contribution in [3.63, 3.8) is 0 Å². The number of aldehydes is 1. The highest BCUT2D eigenvalue weighted by molar-refractivity contribution is 5.90. The lowest BCUT2D eigenvalue weighted by molar-refractivity contribution is -0.140. The Hall–Kier alpha value is -2.84. The van der Waals surface area contributed by atoms with Crippen LogP contribution in [0.15, 0.2) is 18.2 Å². The van der Waals surface area contributed by atoms with Gasteiger partial charge in [-0.1, -0.05) is 6.42 Å². The number of hydrogen-bond acceptors (Lipinski definition) is 4. The molecule has 1 aromatic carbocycles. The maximum atomic E-state index is 13.5. The highest BCUT2D eigenvalue weighted by Crippen LogP contribution is 2.42. The molecule has 3 aliphatic rings. The Bertz CT molecular complexity index is 920. The van der Waals surface area contributed by atoms with Gasteiger partial charge in [0, 0.05) is 31.5 Å². The van der Waals surface area contributed by atoms with Crippen LogP contribution in [0.3, 0.4) is 0 Å². The van der Waals surface area contributed by atoms with Gasteiger partial charge in [0.1, 0.15) is 24.0 Å². The minimum atomic E-state index is -0.793. The quantitative estimate of drug-likeness (QED) is 0.577. The standard InChI is InChI=1S/C24H29F2N3O4/c25-17-8-14(9-18(26)11-17)4-5-21(31)29-12-16-2-1-3-20(16)22(29)24(33)28-19(13-30)10-15-6-7-27-23(15)32/h8-9,11,13,15-16,19-20,22H,1-7,10,12H2,(H,27,32)(H,28,33). The van der Waals surface area contributed by atoms with Crippen molar-refractivity contribution < 1.29 is 28.0 Å². The fourth-order valence-electron chi connectivity index (χ4n) is 5.64. The lowest BCUT2D eigenvalue weighted by atomic mass is 9.92. The van der Waals surface area contributed by atoms with Crippen LogP contribution in [0, 0.1) is 29.4 Å². The molecule has 2 heterocycles. The number of amides is 3. The van der Waals surface area contributed by atoms with Gasteiger partial charge in [-0.3, -0.25) is 14.4 Å². The molecule has 1 aliphatic carbocycles. The number of rotatable bonds is 8. The second-order valence-electron chi connectivity index (χ2n) is 9.39. The highest BCUT2D eigenvalue weighted by atomic mass is 19.1. The number of nitrogens with one attached hydrogen (secondary N) is 2. The molecule has 4 rings (SSSR count). The van der Waals surface area contributed by atoms with Crippen molar-refractivity contribution in [1.29, 1.82) is 0 Å². The van der Waals surface area contributed by atoms with Crippen molar-refractivity contribution in [2.75, 3.05) is 13.1 Å². The number of halogens is 2. The summed E-state index contributed by atoms with van der Waals surface area (Å²) in [6.07, 6.45) is 4.47. The third-order valence-corrected chi connectivity index (χ3v) is 7.22. The number of benzene rings is 1. The predicted octanol–water partition coefficient (Wildman–Crippen LogP) is 1.73. The van der Waals surface area contributed by atoms with E-state index in [-0.39, 0.29) is 54.7 Å². The number of carbonyl (C=O) groups is 4. The molecule has 2 aliphatic heterocycles. The van der Waals surface area contributed by atoms with Crippen molar-refractivity contribution in [2.45, 2.75) is 57.0 Å². The van der Waals surface area contributed by atoms with Crippen LogP contribution in [0.4, 0.5) is 8.78 Å². The van der Waals surface area contributed by atoms with Crippen molar-refractivity contribution >= 4 is 24.0 Å². The van der Waals surface area contributed by atoms with Crippen molar-refractivity contribution in [3.05, 3.63) is 35.4 Å². The summed E-state index contributed by atoms with van der Waals surface area (Å²) in [4.78, 5) is 51.3. The molecule has 5 atom stereocenters. The van der Waals surface area contributed by atoms with Crippen LogP contribution in [0.2, 0.25) is 0 Å². The Morgan fingerprint density at radius 3 is 2.61 bits per heavy atom. The van der Waals surface area contributed by atoms with E-state index in [4.69, 9.17) is 0 Å². The summed E-state index contributed by atoms with van der Waals surface area (Å²) in [5, 5.41) is 5.49. The Labute approximate surface area is 191 Å². The van der Waals surface area contributed by atoms with E-state index in [1.165, 1.54) is 12.1 Å². The molecule has 9 heteroatoms. The zero-order valence-corrected chi connectivity index (χ0v) is 18.4. The van der Waals surface area contributed by atoms with E-state index in [1.807, 2.05) is 0 Å². The van der Waals surface area contributed by atoms with Gasteiger partial charge in [0.15, 0.2) is 0 Å². The van der Waals surface area contributed by atoms with Crippen LogP contribution in [0.25, 0.3) is 0 Å². The molecule has 2 saturated heterocycles. The van der Waals surface area contributed by atoms with E-state index in [9.17, 15) is 28.0 Å². The first-order valence-corrected chi connectivity index (χ1v) is 11.6. The van der Waals surface area contributed by atoms with Crippen molar-refractivity contribution in [2.24, 2.45) is 17.8 Å². The van der Waals surface area contributed by atoms with Gasteiger partial charge >= 0.3 is 0 Å². The number of nitrogens with zero attached hydrogens (tertiary/aromatic N) is 1. The summed E-state index contributed by atoms with van der Waals surface area (Å²) in [6.45, 7) is 1.03. The maximum Gasteiger partial charge on any atom is 0.243 e. The van der Waals surface area contributed by atoms with Gasteiger partial charge in [0.05, 0.1) is 6.04 Å². The molecular weight excluding hydrogens is 432 g/mol. The minimum Gasteiger partial charge on any atom is -0.356 e. The molecule has 1 aromatic rings. The fraction of sp³-hybridized carbons (Fsp3) is 0.583. The van der Waals surface area contributed by atoms with Gasteiger partial charge in [0.25, 0.3) is 0 Å². The summed E-state index contributed by atoms with van der Waals surface area (Å²) in [6, 6.07) is 1.72. The molecule has 3 fully saturated rings. The van der Waals surface area contributed by atoms with Gasteiger partial charge in [-0.2, -0.15) is 0 Å². The molecule has 33 heavy (non-hydrogen) atoms. The van der Waals surface area contributed by atoms with Crippen LogP contribution in [-0.2, 0) is 25.6 Å². The summed E-state index contributed by atoms with van der Waals surface area (Å²) in [5.74, 6) is -2.17. The molecule has 7 nitrogen and oxygen atoms in total. The van der Waals surface area contributed by atoms with E-state index in [1.54, 1.807) is 4.90 Å². The fourth-order valence-corrected chi connectivity index (χ4v) is 5.64. The molecule has 1 saturated carbocycles. The molecule has 3 amide bonds. The van der Waals surface area contributed by atoms with Crippen LogP contribution in [0.5, 0.6) is 0 Å². The zero-order valence-electron chi connectivity index (χ0n) is 18.4. The maximum absolute atomic E-state index is 13.5. The first-order valence-electron chi connectivity index (χ1n) is 11.6. The average molecular weight is 462 g/mol. The molecule has 0 radical (unpaired) electrons. The molecule has 178 valence electrons. The molecule has 2 N–H and O–H groups in total. The third-order valence-electron chi connectivity index (χ3n) is 7.22. The highest BCUT2D eigenvalue weighted by Gasteiger charge is 2.49. The monoisotopic (exact) mass is 461 g/mol. The van der Waals surface area contributed by atoms with Gasteiger partial charge < -0.3 is 20.3 Å². The molecule has 0 spiro atoms. The first-order chi connectivity index (χ1) is 15.9. The number of carbonyl (C=O) groups excluding carboxylic acids is 4. The van der Waals surface area contributed by atoms with Gasteiger partial charge in [-0.25, -0.2) is 8.78 Å². The molecule has 0 bridgehead atoms. The third kappa shape index (κ3) is 5.23. The lowest BCUT2D eigenvalue weighted by Crippen LogP contribution is -2.52. The summed E-state index contributed by atoms with van der Waals surface area (Å²) < 4.78 is 26.9. The Morgan fingerprint density at radius 2 is 1.94 bits per heavy atom. The summed E-state index contributed by atoms with van der Waals surface area (Å²) >= 11 is 0. The van der Waals surface area contributed by atoms with Crippen LogP contribution in [-0.4, -0.2) is 54.1 Å². The number of aryl methyl sites for hydroxylation is 1. The van der Waals surface area contributed by atoms with E-state index in [0.29, 0.717) is 31.4 Å². The summed E-state index contributed by atoms with van der Waals surface area (Å²) in [7, 11) is 0. The molecular formula is C24H29F2N3O4. The van der Waals surface area contributed by atoms with Crippen LogP contribution in [0.1, 0.15) is 44.1 Å². The minimum absolute atomic E-state index is 0.0302. The SMILES string of the molecule is O=CC(CC1CCNC1=O)NC(=O)C1C2CCCC2CN1C(=O)CCc1cc(F)cc(F)c1. The van der Waals surface area contributed by atoms with Crippen molar-refractivity contribution in [1.82, 2.24) is 15.5 Å². The van der Waals surface area contributed by atoms with Gasteiger partial charge in [-0.15, -0.1) is 0 Å². The van der Waals surface area contributed by atoms with Gasteiger partial charge in [-0.05, 0) is 61.6 Å².